The van der Waals surface area contributed by atoms with Gasteiger partial charge in [-0.3, -0.25) is 29.5 Å². The number of nitriles is 1. The number of rotatable bonds is 9. The maximum atomic E-state index is 15.4. The van der Waals surface area contributed by atoms with Crippen LogP contribution in [0.1, 0.15) is 74.2 Å². The molecule has 18 heteroatoms. The number of halogens is 2. The fraction of sp³-hybridized carbons (Fsp3) is 0.417. The molecule has 0 radical (unpaired) electrons. The number of nitrogens with one attached hydrogen (secondary N) is 2. The Kier molecular flexibility index (Phi) is 10.9. The van der Waals surface area contributed by atoms with E-state index in [0.29, 0.717) is 67.7 Å². The van der Waals surface area contributed by atoms with Gasteiger partial charge in [-0.2, -0.15) is 15.5 Å². The van der Waals surface area contributed by atoms with Gasteiger partial charge in [-0.1, -0.05) is 6.07 Å². The van der Waals surface area contributed by atoms with E-state index >= 15 is 8.78 Å². The van der Waals surface area contributed by atoms with Crippen molar-refractivity contribution in [1.82, 2.24) is 44.6 Å². The van der Waals surface area contributed by atoms with E-state index in [1.165, 1.54) is 17.7 Å². The molecule has 4 fully saturated rings. The van der Waals surface area contributed by atoms with Gasteiger partial charge in [-0.25, -0.2) is 23.3 Å². The predicted molar refractivity (Wildman–Crippen MR) is 240 cm³/mol. The largest absolute Gasteiger partial charge is 0.384 e. The molecule has 3 saturated heterocycles. The highest BCUT2D eigenvalue weighted by Crippen LogP contribution is 2.44. The minimum absolute atomic E-state index is 0.0286. The van der Waals surface area contributed by atoms with E-state index in [9.17, 15) is 14.9 Å². The Hall–Kier alpha value is -6.84. The van der Waals surface area contributed by atoms with Crippen molar-refractivity contribution in [2.24, 2.45) is 5.92 Å². The Bertz CT molecular complexity index is 2830. The topological polar surface area (TPSA) is 175 Å². The van der Waals surface area contributed by atoms with Gasteiger partial charge in [0.15, 0.2) is 11.6 Å². The van der Waals surface area contributed by atoms with Gasteiger partial charge in [0.2, 0.25) is 11.8 Å². The number of piperidine rings is 2. The number of amides is 2. The third-order valence-electron chi connectivity index (χ3n) is 14.4. The highest BCUT2D eigenvalue weighted by Gasteiger charge is 2.44. The van der Waals surface area contributed by atoms with Crippen LogP contribution in [0.5, 0.6) is 0 Å². The van der Waals surface area contributed by atoms with Gasteiger partial charge in [0.1, 0.15) is 34.3 Å². The van der Waals surface area contributed by atoms with Crippen LogP contribution in [-0.2, 0) is 26.5 Å². The van der Waals surface area contributed by atoms with Gasteiger partial charge < -0.3 is 19.9 Å². The Labute approximate surface area is 379 Å². The third kappa shape index (κ3) is 7.79. The van der Waals surface area contributed by atoms with Gasteiger partial charge >= 0.3 is 0 Å². The molecule has 11 rings (SSSR count). The van der Waals surface area contributed by atoms with Crippen molar-refractivity contribution in [3.8, 4) is 28.6 Å². The highest BCUT2D eigenvalue weighted by molar-refractivity contribution is 5.98. The van der Waals surface area contributed by atoms with Gasteiger partial charge in [-0.05, 0) is 75.3 Å². The molecule has 1 atom stereocenters. The number of carbonyl (C=O) groups excluding carboxylic acids is 2. The van der Waals surface area contributed by atoms with Gasteiger partial charge in [0, 0.05) is 99.2 Å². The first kappa shape index (κ1) is 41.8. The zero-order chi connectivity index (χ0) is 44.9. The smallest absolute Gasteiger partial charge is 0.231 e. The minimum atomic E-state index is -0.644. The van der Waals surface area contributed by atoms with Crippen LogP contribution in [0, 0.1) is 28.9 Å². The number of piperazine rings is 1. The van der Waals surface area contributed by atoms with E-state index in [4.69, 9.17) is 19.8 Å². The molecule has 2 N–H and O–H groups in total. The van der Waals surface area contributed by atoms with Crippen LogP contribution < -0.4 is 20.4 Å². The first-order valence-electron chi connectivity index (χ1n) is 22.9. The zero-order valence-electron chi connectivity index (χ0n) is 36.4. The van der Waals surface area contributed by atoms with E-state index in [1.54, 1.807) is 15.6 Å². The summed E-state index contributed by atoms with van der Waals surface area (Å²) in [4.78, 5) is 44.7. The first-order valence-corrected chi connectivity index (χ1v) is 22.9. The lowest BCUT2D eigenvalue weighted by Gasteiger charge is -2.42. The monoisotopic (exact) mass is 893 g/mol. The van der Waals surface area contributed by atoms with Crippen LogP contribution in [-0.4, -0.2) is 103 Å². The summed E-state index contributed by atoms with van der Waals surface area (Å²) in [6.07, 6.45) is 17.1. The molecule has 1 aliphatic carbocycles. The molecule has 4 aliphatic heterocycles. The standard InChI is InChI=1S/C48H49F2N13O3/c49-38-20-35(53-24-31-4-10-42(64)58-47(31)65)21-39(50)45(38)61-18-16-59(17-19-61)36-5-7-37(8-6-36)62-27-34(26-55-62)40-28-63-44(33(22-51)25-56-63)43(57-40)30-3-9-41(54-23-30)60-14-11-48(12-15-60)46-32(29-66-48)2-1-13-52-46/h1-3,9,13,20-21,23,25-28,31,36-37,53H,4-8,10-12,14-19,24,29H2,(H,58,64,65). The number of anilines is 3. The summed E-state index contributed by atoms with van der Waals surface area (Å²) >= 11 is 0. The number of aromatic nitrogens is 7. The summed E-state index contributed by atoms with van der Waals surface area (Å²) in [5.41, 5.74) is 6.13. The highest BCUT2D eigenvalue weighted by atomic mass is 19.1. The second kappa shape index (κ2) is 17.2. The number of hydrogen-bond donors (Lipinski definition) is 2. The molecule has 9 heterocycles. The molecular weight excluding hydrogens is 845 g/mol. The van der Waals surface area contributed by atoms with Crippen molar-refractivity contribution in [3.05, 3.63) is 102 Å². The Morgan fingerprint density at radius 3 is 2.39 bits per heavy atom. The lowest BCUT2D eigenvalue weighted by molar-refractivity contribution is -0.135. The van der Waals surface area contributed by atoms with Crippen molar-refractivity contribution in [2.45, 2.75) is 75.7 Å². The van der Waals surface area contributed by atoms with Crippen LogP contribution in [0.2, 0.25) is 0 Å². The summed E-state index contributed by atoms with van der Waals surface area (Å²) in [6.45, 7) is 4.80. The maximum Gasteiger partial charge on any atom is 0.231 e. The Balaban J connectivity index is 0.713. The number of benzene rings is 1. The van der Waals surface area contributed by atoms with Crippen LogP contribution in [0.25, 0.3) is 28.0 Å². The predicted octanol–water partition coefficient (Wildman–Crippen LogP) is 6.00. The summed E-state index contributed by atoms with van der Waals surface area (Å²) in [5.74, 6) is -1.53. The van der Waals surface area contributed by atoms with Crippen molar-refractivity contribution < 1.29 is 23.1 Å². The maximum absolute atomic E-state index is 15.4. The number of imide groups is 1. The fourth-order valence-corrected chi connectivity index (χ4v) is 10.7. The summed E-state index contributed by atoms with van der Waals surface area (Å²) < 4.78 is 40.8. The van der Waals surface area contributed by atoms with Crippen LogP contribution >= 0.6 is 0 Å². The zero-order valence-corrected chi connectivity index (χ0v) is 36.4. The molecule has 1 spiro atoms. The van der Waals surface area contributed by atoms with E-state index in [1.807, 2.05) is 53.9 Å². The Morgan fingerprint density at radius 1 is 0.864 bits per heavy atom. The normalized spacial score (nSPS) is 22.1. The van der Waals surface area contributed by atoms with Crippen molar-refractivity contribution in [1.29, 1.82) is 5.26 Å². The average Bonchev–Trinajstić information content (AvgIpc) is 4.10. The summed E-state index contributed by atoms with van der Waals surface area (Å²) in [5, 5.41) is 24.6. The molecule has 1 aromatic carbocycles. The molecule has 1 unspecified atom stereocenters. The second-order valence-electron chi connectivity index (χ2n) is 18.1. The molecule has 1 saturated carbocycles. The van der Waals surface area contributed by atoms with E-state index in [2.05, 4.69) is 42.7 Å². The van der Waals surface area contributed by atoms with E-state index in [-0.39, 0.29) is 47.8 Å². The molecular formula is C48H49F2N13O3. The molecule has 5 aliphatic rings. The molecule has 66 heavy (non-hydrogen) atoms. The van der Waals surface area contributed by atoms with Crippen LogP contribution in [0.4, 0.5) is 26.0 Å². The van der Waals surface area contributed by atoms with Crippen molar-refractivity contribution in [2.75, 3.05) is 60.9 Å². The number of fused-ring (bicyclic) bond motifs is 3. The molecule has 6 aromatic rings. The lowest BCUT2D eigenvalue weighted by atomic mass is 9.87. The quantitative estimate of drug-likeness (QED) is 0.162. The Morgan fingerprint density at radius 2 is 1.65 bits per heavy atom. The molecule has 2 amide bonds. The third-order valence-corrected chi connectivity index (χ3v) is 14.4. The SMILES string of the molecule is N#Cc1cnn2cc(-c3cnn(C4CCC(N5CCN(c6c(F)cc(NCC7CCC(=O)NC7=O)cc6F)CC5)CC4)c3)nc(-c3ccc(N4CCC5(CC4)OCc4cccnc45)nc3)c12. The number of carbonyl (C=O) groups is 2. The fourth-order valence-electron chi connectivity index (χ4n) is 10.7. The van der Waals surface area contributed by atoms with Gasteiger partial charge in [0.25, 0.3) is 0 Å². The van der Waals surface area contributed by atoms with Crippen molar-refractivity contribution in [3.63, 3.8) is 0 Å². The van der Waals surface area contributed by atoms with Crippen LogP contribution in [0.3, 0.4) is 0 Å². The van der Waals surface area contributed by atoms with Gasteiger partial charge in [-0.15, -0.1) is 0 Å². The second-order valence-corrected chi connectivity index (χ2v) is 18.1. The summed E-state index contributed by atoms with van der Waals surface area (Å²) in [6, 6.07) is 13.5. The van der Waals surface area contributed by atoms with Crippen molar-refractivity contribution >= 4 is 34.5 Å². The average molecular weight is 894 g/mol. The molecule has 5 aromatic heterocycles. The first-order chi connectivity index (χ1) is 32.2. The molecule has 0 bridgehead atoms. The number of pyridine rings is 2. The minimum Gasteiger partial charge on any atom is -0.384 e. The van der Waals surface area contributed by atoms with E-state index in [0.717, 1.165) is 74.3 Å². The number of nitrogens with zero attached hydrogens (tertiary/aromatic N) is 11. The number of hydrogen-bond acceptors (Lipinski definition) is 13. The van der Waals surface area contributed by atoms with E-state index < -0.39 is 17.6 Å². The van der Waals surface area contributed by atoms with Crippen LogP contribution in [0.15, 0.2) is 73.6 Å². The number of ether oxygens (including phenoxy) is 1. The van der Waals surface area contributed by atoms with Gasteiger partial charge in [0.05, 0.1) is 54.2 Å². The molecule has 338 valence electrons. The lowest BCUT2D eigenvalue weighted by Crippen LogP contribution is -2.51. The summed E-state index contributed by atoms with van der Waals surface area (Å²) in [7, 11) is 0. The molecule has 16 nitrogen and oxygen atoms in total.